The van der Waals surface area contributed by atoms with Gasteiger partial charge < -0.3 is 10.5 Å². The molecular formula is C10H20N2OS. The SMILES string of the molecule is COCCCSCCCC(C)(N)C#N. The molecule has 0 heterocycles. The second-order valence-corrected chi connectivity index (χ2v) is 4.82. The zero-order valence-electron chi connectivity index (χ0n) is 9.08. The van der Waals surface area contributed by atoms with Crippen molar-refractivity contribution >= 4 is 11.8 Å². The van der Waals surface area contributed by atoms with Gasteiger partial charge in [0.2, 0.25) is 0 Å². The molecule has 0 aromatic carbocycles. The van der Waals surface area contributed by atoms with E-state index in [1.165, 1.54) is 0 Å². The summed E-state index contributed by atoms with van der Waals surface area (Å²) in [6.07, 6.45) is 2.89. The Morgan fingerprint density at radius 2 is 2.07 bits per heavy atom. The molecule has 2 N–H and O–H groups in total. The maximum absolute atomic E-state index is 8.67. The lowest BCUT2D eigenvalue weighted by Crippen LogP contribution is -2.33. The highest BCUT2D eigenvalue weighted by Crippen LogP contribution is 2.12. The van der Waals surface area contributed by atoms with Crippen molar-refractivity contribution in [3.63, 3.8) is 0 Å². The Morgan fingerprint density at radius 1 is 1.43 bits per heavy atom. The Morgan fingerprint density at radius 3 is 2.64 bits per heavy atom. The molecule has 0 saturated heterocycles. The molecule has 0 fully saturated rings. The van der Waals surface area contributed by atoms with E-state index in [1.807, 2.05) is 11.8 Å². The first-order valence-corrected chi connectivity index (χ1v) is 6.04. The van der Waals surface area contributed by atoms with Gasteiger partial charge in [-0.2, -0.15) is 17.0 Å². The molecule has 1 atom stereocenters. The molecule has 0 rings (SSSR count). The molecular weight excluding hydrogens is 196 g/mol. The normalized spacial score (nSPS) is 14.7. The van der Waals surface area contributed by atoms with Crippen molar-refractivity contribution in [2.24, 2.45) is 5.73 Å². The van der Waals surface area contributed by atoms with Crippen molar-refractivity contribution < 1.29 is 4.74 Å². The van der Waals surface area contributed by atoms with Gasteiger partial charge in [-0.25, -0.2) is 0 Å². The van der Waals surface area contributed by atoms with E-state index in [2.05, 4.69) is 6.07 Å². The van der Waals surface area contributed by atoms with Crippen molar-refractivity contribution in [2.75, 3.05) is 25.2 Å². The molecule has 1 unspecified atom stereocenters. The Balaban J connectivity index is 3.18. The summed E-state index contributed by atoms with van der Waals surface area (Å²) >= 11 is 1.90. The van der Waals surface area contributed by atoms with Gasteiger partial charge in [-0.3, -0.25) is 0 Å². The average Bonchev–Trinajstić information content (AvgIpc) is 2.16. The molecule has 0 spiro atoms. The first-order valence-electron chi connectivity index (χ1n) is 4.89. The fourth-order valence-corrected chi connectivity index (χ4v) is 1.88. The molecule has 4 heteroatoms. The lowest BCUT2D eigenvalue weighted by atomic mass is 10.0. The third-order valence-electron chi connectivity index (χ3n) is 1.88. The first-order chi connectivity index (χ1) is 6.62. The van der Waals surface area contributed by atoms with Gasteiger partial charge in [-0.1, -0.05) is 0 Å². The van der Waals surface area contributed by atoms with Crippen LogP contribution in [0.3, 0.4) is 0 Å². The number of hydrogen-bond donors (Lipinski definition) is 1. The Bertz CT molecular complexity index is 177. The van der Waals surface area contributed by atoms with Gasteiger partial charge >= 0.3 is 0 Å². The van der Waals surface area contributed by atoms with E-state index in [-0.39, 0.29) is 0 Å². The number of hydrogen-bond acceptors (Lipinski definition) is 4. The standard InChI is InChI=1S/C10H20N2OS/c1-10(12,9-11)5-3-7-14-8-4-6-13-2/h3-8,12H2,1-2H3. The highest BCUT2D eigenvalue weighted by Gasteiger charge is 2.15. The predicted octanol–water partition coefficient (Wildman–Crippen LogP) is 1.78. The topological polar surface area (TPSA) is 59.0 Å². The fourth-order valence-electron chi connectivity index (χ4n) is 1.00. The summed E-state index contributed by atoms with van der Waals surface area (Å²) in [6, 6.07) is 2.10. The molecule has 0 aliphatic rings. The maximum atomic E-state index is 8.67. The van der Waals surface area contributed by atoms with Crippen LogP contribution in [-0.2, 0) is 4.74 Å². The molecule has 0 radical (unpaired) electrons. The van der Waals surface area contributed by atoms with Crippen molar-refractivity contribution in [1.29, 1.82) is 5.26 Å². The minimum atomic E-state index is -0.646. The number of thioether (sulfide) groups is 1. The van der Waals surface area contributed by atoms with Crippen LogP contribution in [0.4, 0.5) is 0 Å². The largest absolute Gasteiger partial charge is 0.385 e. The quantitative estimate of drug-likeness (QED) is 0.628. The number of nitrogens with two attached hydrogens (primary N) is 1. The first kappa shape index (κ1) is 13.8. The minimum absolute atomic E-state index is 0.646. The summed E-state index contributed by atoms with van der Waals surface area (Å²) in [5.41, 5.74) is 5.04. The molecule has 0 bridgehead atoms. The van der Waals surface area contributed by atoms with Crippen LogP contribution in [0.25, 0.3) is 0 Å². The Labute approximate surface area is 91.0 Å². The van der Waals surface area contributed by atoms with Gasteiger partial charge in [-0.05, 0) is 37.7 Å². The lowest BCUT2D eigenvalue weighted by Gasteiger charge is -2.14. The molecule has 0 saturated carbocycles. The molecule has 82 valence electrons. The summed E-state index contributed by atoms with van der Waals surface area (Å²) in [4.78, 5) is 0. The van der Waals surface area contributed by atoms with E-state index in [1.54, 1.807) is 14.0 Å². The van der Waals surface area contributed by atoms with E-state index in [0.717, 1.165) is 37.4 Å². The summed E-state index contributed by atoms with van der Waals surface area (Å²) in [7, 11) is 1.72. The summed E-state index contributed by atoms with van der Waals surface area (Å²) in [5.74, 6) is 2.21. The fraction of sp³-hybridized carbons (Fsp3) is 0.900. The molecule has 14 heavy (non-hydrogen) atoms. The zero-order chi connectivity index (χ0) is 10.9. The number of nitrogens with zero attached hydrogens (tertiary/aromatic N) is 1. The van der Waals surface area contributed by atoms with Crippen LogP contribution in [0.15, 0.2) is 0 Å². The van der Waals surface area contributed by atoms with Crippen LogP contribution in [-0.4, -0.2) is 30.8 Å². The average molecular weight is 216 g/mol. The second-order valence-electron chi connectivity index (χ2n) is 3.59. The number of methoxy groups -OCH3 is 1. The van der Waals surface area contributed by atoms with Gasteiger partial charge in [-0.15, -0.1) is 0 Å². The van der Waals surface area contributed by atoms with Crippen molar-refractivity contribution in [3.8, 4) is 6.07 Å². The molecule has 0 aliphatic heterocycles. The van der Waals surface area contributed by atoms with E-state index in [4.69, 9.17) is 15.7 Å². The third kappa shape index (κ3) is 8.36. The summed E-state index contributed by atoms with van der Waals surface area (Å²) in [5, 5.41) is 8.67. The van der Waals surface area contributed by atoms with Gasteiger partial charge in [0, 0.05) is 13.7 Å². The second kappa shape index (κ2) is 8.10. The van der Waals surface area contributed by atoms with Crippen LogP contribution in [0.5, 0.6) is 0 Å². The molecule has 0 aliphatic carbocycles. The van der Waals surface area contributed by atoms with Crippen molar-refractivity contribution in [1.82, 2.24) is 0 Å². The van der Waals surface area contributed by atoms with E-state index in [9.17, 15) is 0 Å². The van der Waals surface area contributed by atoms with Gasteiger partial charge in [0.15, 0.2) is 0 Å². The van der Waals surface area contributed by atoms with Gasteiger partial charge in [0.05, 0.1) is 6.07 Å². The summed E-state index contributed by atoms with van der Waals surface area (Å²) in [6.45, 7) is 2.61. The van der Waals surface area contributed by atoms with E-state index < -0.39 is 5.54 Å². The van der Waals surface area contributed by atoms with E-state index in [0.29, 0.717) is 0 Å². The number of nitriles is 1. The van der Waals surface area contributed by atoms with Gasteiger partial charge in [0.25, 0.3) is 0 Å². The molecule has 0 amide bonds. The van der Waals surface area contributed by atoms with Crippen LogP contribution in [0, 0.1) is 11.3 Å². The highest BCUT2D eigenvalue weighted by molar-refractivity contribution is 7.99. The zero-order valence-corrected chi connectivity index (χ0v) is 9.90. The van der Waals surface area contributed by atoms with Crippen molar-refractivity contribution in [2.45, 2.75) is 31.7 Å². The van der Waals surface area contributed by atoms with E-state index >= 15 is 0 Å². The highest BCUT2D eigenvalue weighted by atomic mass is 32.2. The molecule has 0 aromatic rings. The Kier molecular flexibility index (Phi) is 7.96. The Hall–Kier alpha value is -0.240. The van der Waals surface area contributed by atoms with Crippen molar-refractivity contribution in [3.05, 3.63) is 0 Å². The van der Waals surface area contributed by atoms with Gasteiger partial charge in [0.1, 0.15) is 5.54 Å². The maximum Gasteiger partial charge on any atom is 0.101 e. The smallest absolute Gasteiger partial charge is 0.101 e. The monoisotopic (exact) mass is 216 g/mol. The molecule has 0 aromatic heterocycles. The number of ether oxygens (including phenoxy) is 1. The minimum Gasteiger partial charge on any atom is -0.385 e. The molecule has 3 nitrogen and oxygen atoms in total. The van der Waals surface area contributed by atoms with Crippen LogP contribution < -0.4 is 5.73 Å². The summed E-state index contributed by atoms with van der Waals surface area (Å²) < 4.78 is 4.94. The number of rotatable bonds is 8. The van der Waals surface area contributed by atoms with Crippen LogP contribution in [0.1, 0.15) is 26.2 Å². The van der Waals surface area contributed by atoms with Crippen LogP contribution >= 0.6 is 11.8 Å². The lowest BCUT2D eigenvalue weighted by molar-refractivity contribution is 0.200. The predicted molar refractivity (Wildman–Crippen MR) is 61.3 cm³/mol. The third-order valence-corrected chi connectivity index (χ3v) is 3.03. The van der Waals surface area contributed by atoms with Crippen LogP contribution in [0.2, 0.25) is 0 Å².